The summed E-state index contributed by atoms with van der Waals surface area (Å²) in [4.78, 5) is 7.23. The molecule has 2 aliphatic rings. The van der Waals surface area contributed by atoms with Crippen molar-refractivity contribution in [3.05, 3.63) is 17.7 Å². The quantitative estimate of drug-likeness (QED) is 0.787. The lowest BCUT2D eigenvalue weighted by Crippen LogP contribution is -2.31. The van der Waals surface area contributed by atoms with Crippen molar-refractivity contribution in [2.75, 3.05) is 20.1 Å². The second-order valence-electron chi connectivity index (χ2n) is 5.63. The van der Waals surface area contributed by atoms with Gasteiger partial charge in [0.25, 0.3) is 0 Å². The lowest BCUT2D eigenvalue weighted by molar-refractivity contribution is 0.248. The Morgan fingerprint density at radius 3 is 3.06 bits per heavy atom. The first-order chi connectivity index (χ1) is 8.22. The highest BCUT2D eigenvalue weighted by Gasteiger charge is 2.24. The topological polar surface area (TPSA) is 47.1 Å². The molecule has 2 atom stereocenters. The molecule has 4 heteroatoms. The van der Waals surface area contributed by atoms with Crippen molar-refractivity contribution in [3.63, 3.8) is 0 Å². The largest absolute Gasteiger partial charge is 0.335 e. The smallest absolute Gasteiger partial charge is 0.110 e. The van der Waals surface area contributed by atoms with Crippen LogP contribution in [0.5, 0.6) is 0 Å². The minimum absolute atomic E-state index is 0.312. The third kappa shape index (κ3) is 2.24. The number of hydrogen-bond acceptors (Lipinski definition) is 3. The van der Waals surface area contributed by atoms with Gasteiger partial charge >= 0.3 is 0 Å². The molecule has 0 amide bonds. The third-order valence-corrected chi connectivity index (χ3v) is 4.11. The van der Waals surface area contributed by atoms with E-state index in [4.69, 9.17) is 10.7 Å². The zero-order valence-corrected chi connectivity index (χ0v) is 10.6. The maximum atomic E-state index is 6.00. The minimum Gasteiger partial charge on any atom is -0.335 e. The van der Waals surface area contributed by atoms with Crippen LogP contribution in [0.25, 0.3) is 0 Å². The second-order valence-corrected chi connectivity index (χ2v) is 5.63. The van der Waals surface area contributed by atoms with Gasteiger partial charge < -0.3 is 15.2 Å². The summed E-state index contributed by atoms with van der Waals surface area (Å²) in [6, 6.07) is 0.312. The van der Waals surface area contributed by atoms with E-state index in [0.29, 0.717) is 12.0 Å². The number of likely N-dealkylation sites (tertiary alicyclic amines) is 1. The van der Waals surface area contributed by atoms with E-state index in [9.17, 15) is 0 Å². The highest BCUT2D eigenvalue weighted by molar-refractivity contribution is 5.13. The SMILES string of the molecule is CN1CCCC(c2cn3c(n2)CC(N)CC3)C1. The lowest BCUT2D eigenvalue weighted by Gasteiger charge is -2.28. The van der Waals surface area contributed by atoms with Crippen LogP contribution in [0.1, 0.15) is 36.7 Å². The van der Waals surface area contributed by atoms with Crippen molar-refractivity contribution in [3.8, 4) is 0 Å². The summed E-state index contributed by atoms with van der Waals surface area (Å²) >= 11 is 0. The maximum Gasteiger partial charge on any atom is 0.110 e. The number of nitrogens with two attached hydrogens (primary N) is 1. The van der Waals surface area contributed by atoms with E-state index in [1.54, 1.807) is 0 Å². The fourth-order valence-electron chi connectivity index (χ4n) is 3.08. The van der Waals surface area contributed by atoms with E-state index >= 15 is 0 Å². The van der Waals surface area contributed by atoms with Crippen molar-refractivity contribution < 1.29 is 0 Å². The standard InChI is InChI=1S/C13H22N4/c1-16-5-2-3-10(8-16)12-9-17-6-4-11(14)7-13(17)15-12/h9-11H,2-8,14H2,1H3. The van der Waals surface area contributed by atoms with E-state index in [-0.39, 0.29) is 0 Å². The molecule has 2 N–H and O–H groups in total. The van der Waals surface area contributed by atoms with Crippen molar-refractivity contribution in [1.29, 1.82) is 0 Å². The summed E-state index contributed by atoms with van der Waals surface area (Å²) in [6.07, 6.45) is 6.89. The molecule has 0 aliphatic carbocycles. The molecule has 1 fully saturated rings. The van der Waals surface area contributed by atoms with Crippen LogP contribution in [-0.4, -0.2) is 40.6 Å². The average Bonchev–Trinajstić information content (AvgIpc) is 2.72. The van der Waals surface area contributed by atoms with Crippen LogP contribution in [-0.2, 0) is 13.0 Å². The Hall–Kier alpha value is -0.870. The van der Waals surface area contributed by atoms with Crippen LogP contribution < -0.4 is 5.73 Å². The van der Waals surface area contributed by atoms with Crippen molar-refractivity contribution in [1.82, 2.24) is 14.5 Å². The number of aryl methyl sites for hydroxylation is 1. The van der Waals surface area contributed by atoms with Crippen molar-refractivity contribution in [2.24, 2.45) is 5.73 Å². The second kappa shape index (κ2) is 4.42. The molecule has 17 heavy (non-hydrogen) atoms. The number of imidazole rings is 1. The Kier molecular flexibility index (Phi) is 2.92. The number of likely N-dealkylation sites (N-methyl/N-ethyl adjacent to an activating group) is 1. The van der Waals surface area contributed by atoms with Crippen LogP contribution in [0, 0.1) is 0 Å². The first-order valence-corrected chi connectivity index (χ1v) is 6.72. The number of rotatable bonds is 1. The van der Waals surface area contributed by atoms with Gasteiger partial charge in [-0.3, -0.25) is 0 Å². The molecule has 1 saturated heterocycles. The van der Waals surface area contributed by atoms with Gasteiger partial charge in [-0.05, 0) is 32.9 Å². The zero-order chi connectivity index (χ0) is 11.8. The monoisotopic (exact) mass is 234 g/mol. The van der Waals surface area contributed by atoms with E-state index in [1.807, 2.05) is 0 Å². The van der Waals surface area contributed by atoms with E-state index in [2.05, 4.69) is 22.7 Å². The summed E-state index contributed by atoms with van der Waals surface area (Å²) in [5.74, 6) is 1.83. The highest BCUT2D eigenvalue weighted by atomic mass is 15.1. The van der Waals surface area contributed by atoms with Gasteiger partial charge in [0.2, 0.25) is 0 Å². The first kappa shape index (κ1) is 11.2. The average molecular weight is 234 g/mol. The summed E-state index contributed by atoms with van der Waals surface area (Å²) in [6.45, 7) is 3.43. The van der Waals surface area contributed by atoms with E-state index in [0.717, 1.165) is 25.9 Å². The highest BCUT2D eigenvalue weighted by Crippen LogP contribution is 2.27. The molecule has 0 radical (unpaired) electrons. The maximum absolute atomic E-state index is 6.00. The number of aromatic nitrogens is 2. The van der Waals surface area contributed by atoms with Crippen LogP contribution in [0.3, 0.4) is 0 Å². The first-order valence-electron chi connectivity index (χ1n) is 6.72. The van der Waals surface area contributed by atoms with Crippen molar-refractivity contribution in [2.45, 2.75) is 44.2 Å². The van der Waals surface area contributed by atoms with Gasteiger partial charge in [0, 0.05) is 37.7 Å². The molecule has 1 aromatic rings. The molecule has 1 aromatic heterocycles. The summed E-state index contributed by atoms with van der Waals surface area (Å²) in [7, 11) is 2.21. The van der Waals surface area contributed by atoms with E-state index < -0.39 is 0 Å². The number of hydrogen-bond donors (Lipinski definition) is 1. The predicted molar refractivity (Wildman–Crippen MR) is 68.0 cm³/mol. The number of piperidine rings is 1. The summed E-state index contributed by atoms with van der Waals surface area (Å²) in [5, 5.41) is 0. The van der Waals surface area contributed by atoms with Crippen LogP contribution in [0.15, 0.2) is 6.20 Å². The third-order valence-electron chi connectivity index (χ3n) is 4.11. The molecule has 2 aliphatic heterocycles. The van der Waals surface area contributed by atoms with Gasteiger partial charge in [0.1, 0.15) is 5.82 Å². The molecule has 0 aromatic carbocycles. The Morgan fingerprint density at radius 2 is 2.24 bits per heavy atom. The molecule has 2 unspecified atom stereocenters. The molecule has 4 nitrogen and oxygen atoms in total. The molecule has 3 heterocycles. The van der Waals surface area contributed by atoms with Crippen LogP contribution in [0.4, 0.5) is 0 Å². The molecular formula is C13H22N4. The predicted octanol–water partition coefficient (Wildman–Crippen LogP) is 0.966. The van der Waals surface area contributed by atoms with Gasteiger partial charge in [-0.15, -0.1) is 0 Å². The van der Waals surface area contributed by atoms with Crippen LogP contribution in [0.2, 0.25) is 0 Å². The normalized spacial score (nSPS) is 30.2. The lowest BCUT2D eigenvalue weighted by atomic mass is 9.96. The Balaban J connectivity index is 1.79. The Bertz CT molecular complexity index is 398. The molecule has 3 rings (SSSR count). The number of fused-ring (bicyclic) bond motifs is 1. The summed E-state index contributed by atoms with van der Waals surface area (Å²) < 4.78 is 2.31. The molecule has 0 spiro atoms. The number of nitrogens with zero attached hydrogens (tertiary/aromatic N) is 3. The van der Waals surface area contributed by atoms with Gasteiger partial charge in [0.15, 0.2) is 0 Å². The summed E-state index contributed by atoms with van der Waals surface area (Å²) in [5.41, 5.74) is 7.29. The van der Waals surface area contributed by atoms with E-state index in [1.165, 1.54) is 30.9 Å². The minimum atomic E-state index is 0.312. The molecule has 94 valence electrons. The van der Waals surface area contributed by atoms with Gasteiger partial charge in [-0.1, -0.05) is 0 Å². The molecule has 0 saturated carbocycles. The van der Waals surface area contributed by atoms with Gasteiger partial charge in [-0.2, -0.15) is 0 Å². The Morgan fingerprint density at radius 1 is 1.35 bits per heavy atom. The fourth-order valence-corrected chi connectivity index (χ4v) is 3.08. The Labute approximate surface area is 103 Å². The zero-order valence-electron chi connectivity index (χ0n) is 10.6. The molecular weight excluding hydrogens is 212 g/mol. The molecule has 0 bridgehead atoms. The van der Waals surface area contributed by atoms with Crippen molar-refractivity contribution >= 4 is 0 Å². The van der Waals surface area contributed by atoms with Crippen LogP contribution >= 0.6 is 0 Å². The van der Waals surface area contributed by atoms with Gasteiger partial charge in [-0.25, -0.2) is 4.98 Å². The van der Waals surface area contributed by atoms with Gasteiger partial charge in [0.05, 0.1) is 5.69 Å². The fraction of sp³-hybridized carbons (Fsp3) is 0.769.